The number of benzene rings is 4. The van der Waals surface area contributed by atoms with E-state index in [2.05, 4.69) is 10.0 Å². The summed E-state index contributed by atoms with van der Waals surface area (Å²) in [4.78, 5) is 13.4. The predicted molar refractivity (Wildman–Crippen MR) is 137 cm³/mol. The van der Waals surface area contributed by atoms with Crippen LogP contribution < -0.4 is 10.0 Å². The summed E-state index contributed by atoms with van der Waals surface area (Å²) in [5.74, 6) is -0.682. The van der Waals surface area contributed by atoms with Crippen LogP contribution in [-0.2, 0) is 14.8 Å². The van der Waals surface area contributed by atoms with Crippen molar-refractivity contribution in [1.82, 2.24) is 0 Å². The Kier molecular flexibility index (Phi) is 6.80. The number of aryl methyl sites for hydroxylation is 2. The van der Waals surface area contributed by atoms with Crippen LogP contribution in [0.4, 0.5) is 11.4 Å². The highest BCUT2D eigenvalue weighted by atomic mass is 32.2. The fourth-order valence-corrected chi connectivity index (χ4v) is 4.79. The first-order valence-electron chi connectivity index (χ1n) is 10.9. The summed E-state index contributed by atoms with van der Waals surface area (Å²) in [5, 5.41) is 2.93. The van der Waals surface area contributed by atoms with Crippen molar-refractivity contribution in [2.24, 2.45) is 0 Å². The van der Waals surface area contributed by atoms with Crippen LogP contribution in [0.25, 0.3) is 0 Å². The van der Waals surface area contributed by atoms with E-state index >= 15 is 0 Å². The van der Waals surface area contributed by atoms with Gasteiger partial charge in [-0.3, -0.25) is 9.52 Å². The molecule has 1 amide bonds. The monoisotopic (exact) mass is 470 g/mol. The normalized spacial score (nSPS) is 11.3. The molecule has 0 spiro atoms. The largest absolute Gasteiger partial charge is 0.325 e. The summed E-state index contributed by atoms with van der Waals surface area (Å²) in [5.41, 5.74) is 4.88. The maximum absolute atomic E-state index is 13.3. The molecular formula is C28H26N2O3S. The molecule has 0 unspecified atom stereocenters. The zero-order chi connectivity index (χ0) is 24.1. The van der Waals surface area contributed by atoms with Crippen molar-refractivity contribution in [1.29, 1.82) is 0 Å². The quantitative estimate of drug-likeness (QED) is 0.354. The molecule has 4 aromatic carbocycles. The van der Waals surface area contributed by atoms with Crippen molar-refractivity contribution in [3.63, 3.8) is 0 Å². The zero-order valence-electron chi connectivity index (χ0n) is 19.0. The van der Waals surface area contributed by atoms with Crippen molar-refractivity contribution in [3.8, 4) is 0 Å². The molecule has 0 fully saturated rings. The van der Waals surface area contributed by atoms with E-state index < -0.39 is 15.9 Å². The molecule has 0 aromatic heterocycles. The van der Waals surface area contributed by atoms with Crippen molar-refractivity contribution < 1.29 is 13.2 Å². The van der Waals surface area contributed by atoms with Gasteiger partial charge in [0.25, 0.3) is 10.0 Å². The van der Waals surface area contributed by atoms with Crippen molar-refractivity contribution >= 4 is 27.3 Å². The number of nitrogens with one attached hydrogen (secondary N) is 2. The first kappa shape index (κ1) is 23.3. The van der Waals surface area contributed by atoms with Gasteiger partial charge in [0.15, 0.2) is 0 Å². The van der Waals surface area contributed by atoms with Gasteiger partial charge in [0.2, 0.25) is 5.91 Å². The predicted octanol–water partition coefficient (Wildman–Crippen LogP) is 5.87. The molecule has 0 aliphatic heterocycles. The average molecular weight is 471 g/mol. The van der Waals surface area contributed by atoms with Crippen LogP contribution in [0.1, 0.15) is 28.2 Å². The highest BCUT2D eigenvalue weighted by Gasteiger charge is 2.23. The molecular weight excluding hydrogens is 444 g/mol. The molecule has 0 saturated carbocycles. The number of amides is 1. The number of carbonyl (C=O) groups excluding carboxylic acids is 1. The van der Waals surface area contributed by atoms with Gasteiger partial charge in [-0.1, -0.05) is 66.7 Å². The molecule has 0 aliphatic rings. The van der Waals surface area contributed by atoms with Crippen LogP contribution in [0.3, 0.4) is 0 Å². The molecule has 0 atom stereocenters. The summed E-state index contributed by atoms with van der Waals surface area (Å²) in [7, 11) is -3.75. The van der Waals surface area contributed by atoms with Gasteiger partial charge in [-0.2, -0.15) is 0 Å². The molecule has 172 valence electrons. The highest BCUT2D eigenvalue weighted by Crippen LogP contribution is 2.27. The van der Waals surface area contributed by atoms with Crippen molar-refractivity contribution in [2.75, 3.05) is 10.0 Å². The Labute approximate surface area is 200 Å². The lowest BCUT2D eigenvalue weighted by molar-refractivity contribution is -0.116. The number of sulfonamides is 1. The number of hydrogen-bond donors (Lipinski definition) is 2. The molecule has 6 heteroatoms. The minimum Gasteiger partial charge on any atom is -0.325 e. The van der Waals surface area contributed by atoms with E-state index in [0.717, 1.165) is 22.3 Å². The van der Waals surface area contributed by atoms with Crippen molar-refractivity contribution in [3.05, 3.63) is 125 Å². The van der Waals surface area contributed by atoms with E-state index in [0.29, 0.717) is 11.4 Å². The first-order valence-corrected chi connectivity index (χ1v) is 12.4. The van der Waals surface area contributed by atoms with Crippen LogP contribution in [0.2, 0.25) is 0 Å². The van der Waals surface area contributed by atoms with Crippen molar-refractivity contribution in [2.45, 2.75) is 24.7 Å². The van der Waals surface area contributed by atoms with Gasteiger partial charge in [-0.15, -0.1) is 0 Å². The van der Waals surface area contributed by atoms with E-state index in [1.807, 2.05) is 80.6 Å². The summed E-state index contributed by atoms with van der Waals surface area (Å²) in [6, 6.07) is 30.7. The van der Waals surface area contributed by atoms with Gasteiger partial charge in [0.1, 0.15) is 0 Å². The summed E-state index contributed by atoms with van der Waals surface area (Å²) in [6.45, 7) is 3.91. The fourth-order valence-electron chi connectivity index (χ4n) is 3.74. The van der Waals surface area contributed by atoms with E-state index in [1.165, 1.54) is 12.1 Å². The standard InChI is InChI=1S/C28H26N2O3S/c1-20-13-14-25(19-21(20)2)30-34(32,33)26-17-15-24(16-18-26)29-28(31)27(22-9-5-3-6-10-22)23-11-7-4-8-12-23/h3-19,27,30H,1-2H3,(H,29,31). The van der Waals surface area contributed by atoms with Gasteiger partial charge in [0, 0.05) is 11.4 Å². The summed E-state index contributed by atoms with van der Waals surface area (Å²) < 4.78 is 28.2. The lowest BCUT2D eigenvalue weighted by atomic mass is 9.90. The Balaban J connectivity index is 1.53. The SMILES string of the molecule is Cc1ccc(NS(=O)(=O)c2ccc(NC(=O)C(c3ccccc3)c3ccccc3)cc2)cc1C. The lowest BCUT2D eigenvalue weighted by Gasteiger charge is -2.18. The molecule has 0 saturated heterocycles. The Bertz CT molecular complexity index is 1350. The van der Waals surface area contributed by atoms with Crippen LogP contribution in [0.5, 0.6) is 0 Å². The summed E-state index contributed by atoms with van der Waals surface area (Å²) >= 11 is 0. The third-order valence-corrected chi connectivity index (χ3v) is 7.12. The molecule has 2 N–H and O–H groups in total. The van der Waals surface area contributed by atoms with E-state index in [-0.39, 0.29) is 10.8 Å². The molecule has 0 radical (unpaired) electrons. The highest BCUT2D eigenvalue weighted by molar-refractivity contribution is 7.92. The van der Waals surface area contributed by atoms with Gasteiger partial charge >= 0.3 is 0 Å². The average Bonchev–Trinajstić information content (AvgIpc) is 2.83. The maximum atomic E-state index is 13.3. The fraction of sp³-hybridized carbons (Fsp3) is 0.107. The minimum absolute atomic E-state index is 0.117. The molecule has 0 heterocycles. The Morgan fingerprint density at radius 3 is 1.74 bits per heavy atom. The topological polar surface area (TPSA) is 75.3 Å². The second-order valence-corrected chi connectivity index (χ2v) is 9.85. The third-order valence-electron chi connectivity index (χ3n) is 5.72. The summed E-state index contributed by atoms with van der Waals surface area (Å²) in [6.07, 6.45) is 0. The Morgan fingerprint density at radius 2 is 1.21 bits per heavy atom. The smallest absolute Gasteiger partial charge is 0.261 e. The molecule has 34 heavy (non-hydrogen) atoms. The lowest BCUT2D eigenvalue weighted by Crippen LogP contribution is -2.22. The minimum atomic E-state index is -3.75. The second-order valence-electron chi connectivity index (χ2n) is 8.17. The van der Waals surface area contributed by atoms with Crippen LogP contribution in [-0.4, -0.2) is 14.3 Å². The number of rotatable bonds is 7. The molecule has 4 rings (SSSR count). The zero-order valence-corrected chi connectivity index (χ0v) is 19.8. The van der Waals surface area contributed by atoms with Gasteiger partial charge < -0.3 is 5.32 Å². The molecule has 0 bridgehead atoms. The van der Waals surface area contributed by atoms with E-state index in [9.17, 15) is 13.2 Å². The van der Waals surface area contributed by atoms with Gasteiger partial charge in [-0.05, 0) is 72.5 Å². The number of hydrogen-bond acceptors (Lipinski definition) is 3. The van der Waals surface area contributed by atoms with Gasteiger partial charge in [-0.25, -0.2) is 8.42 Å². The van der Waals surface area contributed by atoms with Gasteiger partial charge in [0.05, 0.1) is 10.8 Å². The second kappa shape index (κ2) is 9.93. The Morgan fingerprint density at radius 1 is 0.676 bits per heavy atom. The number of carbonyl (C=O) groups is 1. The molecule has 0 aliphatic carbocycles. The molecule has 4 aromatic rings. The van der Waals surface area contributed by atoms with E-state index in [4.69, 9.17) is 0 Å². The van der Waals surface area contributed by atoms with Crippen LogP contribution in [0.15, 0.2) is 108 Å². The Hall–Kier alpha value is -3.90. The maximum Gasteiger partial charge on any atom is 0.261 e. The number of anilines is 2. The molecule has 5 nitrogen and oxygen atoms in total. The third kappa shape index (κ3) is 5.35. The first-order chi connectivity index (χ1) is 16.3. The van der Waals surface area contributed by atoms with E-state index in [1.54, 1.807) is 24.3 Å². The van der Waals surface area contributed by atoms with Crippen LogP contribution >= 0.6 is 0 Å². The van der Waals surface area contributed by atoms with Crippen LogP contribution in [0, 0.1) is 13.8 Å².